The summed E-state index contributed by atoms with van der Waals surface area (Å²) in [6.45, 7) is 0. The second-order valence-corrected chi connectivity index (χ2v) is 7.50. The van der Waals surface area contributed by atoms with Gasteiger partial charge in [-0.15, -0.1) is 0 Å². The Morgan fingerprint density at radius 1 is 1.10 bits per heavy atom. The summed E-state index contributed by atoms with van der Waals surface area (Å²) in [5, 5.41) is 0. The summed E-state index contributed by atoms with van der Waals surface area (Å²) in [5.41, 5.74) is 7.03. The average molecular weight is 285 g/mol. The highest BCUT2D eigenvalue weighted by Crippen LogP contribution is 2.61. The fourth-order valence-corrected chi connectivity index (χ4v) is 5.47. The van der Waals surface area contributed by atoms with E-state index in [-0.39, 0.29) is 5.91 Å². The molecule has 2 N–H and O–H groups in total. The molecule has 0 atom stereocenters. The third-order valence-corrected chi connectivity index (χ3v) is 5.73. The lowest BCUT2D eigenvalue weighted by Gasteiger charge is -2.56. The Kier molecular flexibility index (Phi) is 3.12. The van der Waals surface area contributed by atoms with E-state index >= 15 is 0 Å². The van der Waals surface area contributed by atoms with Crippen LogP contribution in [-0.2, 0) is 4.79 Å². The number of carbonyl (C=O) groups is 1. The van der Waals surface area contributed by atoms with Gasteiger partial charge in [0.1, 0.15) is 0 Å². The van der Waals surface area contributed by atoms with E-state index in [4.69, 9.17) is 0 Å². The normalized spacial score (nSPS) is 36.5. The van der Waals surface area contributed by atoms with E-state index < -0.39 is 0 Å². The predicted octanol–water partition coefficient (Wildman–Crippen LogP) is 3.13. The molecular formula is C17H23N3O. The lowest BCUT2D eigenvalue weighted by Crippen LogP contribution is -2.48. The van der Waals surface area contributed by atoms with E-state index in [1.807, 2.05) is 12.1 Å². The molecule has 21 heavy (non-hydrogen) atoms. The fraction of sp³-hybridized carbons (Fsp3) is 0.647. The minimum atomic E-state index is 0.133. The first-order chi connectivity index (χ1) is 10.2. The quantitative estimate of drug-likeness (QED) is 0.836. The summed E-state index contributed by atoms with van der Waals surface area (Å²) < 4.78 is 0. The average Bonchev–Trinajstić information content (AvgIpc) is 2.44. The van der Waals surface area contributed by atoms with Gasteiger partial charge in [0.2, 0.25) is 5.91 Å². The Bertz CT molecular complexity index is 493. The molecule has 0 aliphatic heterocycles. The second-order valence-electron chi connectivity index (χ2n) is 7.50. The third-order valence-electron chi connectivity index (χ3n) is 5.73. The Morgan fingerprint density at radius 2 is 1.67 bits per heavy atom. The molecule has 4 aliphatic carbocycles. The van der Waals surface area contributed by atoms with Crippen LogP contribution in [0, 0.1) is 23.2 Å². The zero-order valence-corrected chi connectivity index (χ0v) is 12.3. The molecule has 0 spiro atoms. The van der Waals surface area contributed by atoms with Crippen LogP contribution in [0.25, 0.3) is 0 Å². The number of hydrazine groups is 1. The molecule has 112 valence electrons. The van der Waals surface area contributed by atoms with Gasteiger partial charge >= 0.3 is 0 Å². The topological polar surface area (TPSA) is 54.0 Å². The maximum atomic E-state index is 12.3. The SMILES string of the molecule is O=C(CC12CC3CC(CC(C3)C1)C2)NNc1ccncc1. The van der Waals surface area contributed by atoms with Crippen LogP contribution in [0.3, 0.4) is 0 Å². The first-order valence-electron chi connectivity index (χ1n) is 8.16. The van der Waals surface area contributed by atoms with Gasteiger partial charge in [-0.2, -0.15) is 0 Å². The highest BCUT2D eigenvalue weighted by atomic mass is 16.2. The van der Waals surface area contributed by atoms with Crippen molar-refractivity contribution in [2.24, 2.45) is 23.2 Å². The lowest BCUT2D eigenvalue weighted by atomic mass is 9.49. The monoisotopic (exact) mass is 285 g/mol. The number of aromatic nitrogens is 1. The summed E-state index contributed by atoms with van der Waals surface area (Å²) >= 11 is 0. The Labute approximate surface area is 125 Å². The van der Waals surface area contributed by atoms with Gasteiger partial charge < -0.3 is 0 Å². The minimum Gasteiger partial charge on any atom is -0.299 e. The van der Waals surface area contributed by atoms with Gasteiger partial charge in [0.05, 0.1) is 5.69 Å². The summed E-state index contributed by atoms with van der Waals surface area (Å²) in [6.07, 6.45) is 12.2. The van der Waals surface area contributed by atoms with Gasteiger partial charge in [0.25, 0.3) is 0 Å². The number of hydrogen-bond acceptors (Lipinski definition) is 3. The number of carbonyl (C=O) groups excluding carboxylic acids is 1. The molecule has 0 saturated heterocycles. The number of nitrogens with one attached hydrogen (secondary N) is 2. The van der Waals surface area contributed by atoms with Crippen LogP contribution in [0.15, 0.2) is 24.5 Å². The van der Waals surface area contributed by atoms with Crippen molar-refractivity contribution in [1.29, 1.82) is 0 Å². The van der Waals surface area contributed by atoms with Gasteiger partial charge in [0.15, 0.2) is 0 Å². The van der Waals surface area contributed by atoms with Crippen molar-refractivity contribution >= 4 is 11.6 Å². The van der Waals surface area contributed by atoms with Crippen molar-refractivity contribution in [3.8, 4) is 0 Å². The van der Waals surface area contributed by atoms with Gasteiger partial charge in [-0.05, 0) is 73.8 Å². The first-order valence-corrected chi connectivity index (χ1v) is 8.16. The van der Waals surface area contributed by atoms with E-state index in [1.54, 1.807) is 12.4 Å². The Balaban J connectivity index is 1.36. The van der Waals surface area contributed by atoms with Crippen molar-refractivity contribution < 1.29 is 4.79 Å². The number of anilines is 1. The van der Waals surface area contributed by atoms with Crippen molar-refractivity contribution in [3.63, 3.8) is 0 Å². The van der Waals surface area contributed by atoms with Gasteiger partial charge in [-0.3, -0.25) is 20.6 Å². The van der Waals surface area contributed by atoms with Gasteiger partial charge in [-0.1, -0.05) is 0 Å². The highest BCUT2D eigenvalue weighted by Gasteiger charge is 2.51. The molecule has 1 aromatic heterocycles. The Hall–Kier alpha value is -1.58. The van der Waals surface area contributed by atoms with Crippen LogP contribution in [0.4, 0.5) is 5.69 Å². The zero-order chi connectivity index (χ0) is 14.3. The number of amides is 1. The molecule has 4 fully saturated rings. The summed E-state index contributed by atoms with van der Waals surface area (Å²) in [7, 11) is 0. The van der Waals surface area contributed by atoms with Gasteiger partial charge in [-0.25, -0.2) is 0 Å². The van der Waals surface area contributed by atoms with Crippen LogP contribution >= 0.6 is 0 Å². The first kappa shape index (κ1) is 13.1. The standard InChI is InChI=1S/C17H23N3O/c21-16(20-19-15-1-3-18-4-2-15)11-17-8-12-5-13(9-17)7-14(6-12)10-17/h1-4,12-14H,5-11H2,(H,18,19)(H,20,21). The maximum absolute atomic E-state index is 12.3. The van der Waals surface area contributed by atoms with Crippen molar-refractivity contribution in [2.45, 2.75) is 44.9 Å². The van der Waals surface area contributed by atoms with Gasteiger partial charge in [0, 0.05) is 18.8 Å². The van der Waals surface area contributed by atoms with Crippen LogP contribution in [0.1, 0.15) is 44.9 Å². The smallest absolute Gasteiger partial charge is 0.238 e. The fourth-order valence-electron chi connectivity index (χ4n) is 5.47. The van der Waals surface area contributed by atoms with Crippen LogP contribution < -0.4 is 10.9 Å². The maximum Gasteiger partial charge on any atom is 0.238 e. The molecule has 4 aliphatic rings. The molecule has 0 unspecified atom stereocenters. The largest absolute Gasteiger partial charge is 0.299 e. The molecule has 1 heterocycles. The molecule has 4 saturated carbocycles. The van der Waals surface area contributed by atoms with Crippen molar-refractivity contribution in [2.75, 3.05) is 5.43 Å². The minimum absolute atomic E-state index is 0.133. The molecule has 4 bridgehead atoms. The van der Waals surface area contributed by atoms with Crippen molar-refractivity contribution in [1.82, 2.24) is 10.4 Å². The van der Waals surface area contributed by atoms with Crippen LogP contribution in [-0.4, -0.2) is 10.9 Å². The molecule has 4 heteroatoms. The van der Waals surface area contributed by atoms with Crippen LogP contribution in [0.2, 0.25) is 0 Å². The van der Waals surface area contributed by atoms with E-state index in [9.17, 15) is 4.79 Å². The highest BCUT2D eigenvalue weighted by molar-refractivity contribution is 5.78. The number of hydrogen-bond donors (Lipinski definition) is 2. The number of nitrogens with zero attached hydrogens (tertiary/aromatic N) is 1. The van der Waals surface area contributed by atoms with E-state index in [2.05, 4.69) is 15.8 Å². The predicted molar refractivity (Wildman–Crippen MR) is 81.2 cm³/mol. The second kappa shape index (κ2) is 5.00. The molecule has 1 aromatic rings. The molecular weight excluding hydrogens is 262 g/mol. The third kappa shape index (κ3) is 2.63. The van der Waals surface area contributed by atoms with Crippen LogP contribution in [0.5, 0.6) is 0 Å². The zero-order valence-electron chi connectivity index (χ0n) is 12.3. The molecule has 0 aromatic carbocycles. The molecule has 1 amide bonds. The van der Waals surface area contributed by atoms with Crippen molar-refractivity contribution in [3.05, 3.63) is 24.5 Å². The summed E-state index contributed by atoms with van der Waals surface area (Å²) in [6, 6.07) is 3.70. The lowest BCUT2D eigenvalue weighted by molar-refractivity contribution is -0.128. The Morgan fingerprint density at radius 3 is 2.24 bits per heavy atom. The molecule has 5 rings (SSSR count). The van der Waals surface area contributed by atoms with E-state index in [0.29, 0.717) is 11.8 Å². The number of pyridine rings is 1. The molecule has 4 nitrogen and oxygen atoms in total. The van der Waals surface area contributed by atoms with E-state index in [1.165, 1.54) is 38.5 Å². The van der Waals surface area contributed by atoms with E-state index in [0.717, 1.165) is 23.4 Å². The molecule has 0 radical (unpaired) electrons. The summed E-state index contributed by atoms with van der Waals surface area (Å²) in [4.78, 5) is 16.3. The summed E-state index contributed by atoms with van der Waals surface area (Å²) in [5.74, 6) is 2.83. The number of rotatable bonds is 4.